The molecule has 1 aromatic rings. The number of piperidine rings is 2. The number of carbonyl (C=O) groups is 1. The molecule has 2 heterocycles. The predicted octanol–water partition coefficient (Wildman–Crippen LogP) is 3.30. The second-order valence-corrected chi connectivity index (χ2v) is 11.8. The van der Waals surface area contributed by atoms with Gasteiger partial charge in [-0.15, -0.1) is 0 Å². The van der Waals surface area contributed by atoms with E-state index in [4.69, 9.17) is 4.74 Å². The molecule has 1 aliphatic carbocycles. The zero-order chi connectivity index (χ0) is 24.1. The number of hydrogen-bond donors (Lipinski definition) is 1. The number of likely N-dealkylation sites (tertiary alicyclic amines) is 1. The van der Waals surface area contributed by atoms with Gasteiger partial charge in [0.25, 0.3) is 0 Å². The molecule has 1 aromatic carbocycles. The quantitative estimate of drug-likeness (QED) is 0.628. The third-order valence-electron chi connectivity index (χ3n) is 7.52. The van der Waals surface area contributed by atoms with Crippen molar-refractivity contribution in [3.8, 4) is 0 Å². The van der Waals surface area contributed by atoms with Crippen LogP contribution in [0.5, 0.6) is 0 Å². The molecule has 4 rings (SSSR count). The molecule has 2 aliphatic heterocycles. The zero-order valence-corrected chi connectivity index (χ0v) is 20.9. The van der Waals surface area contributed by atoms with E-state index in [1.165, 1.54) is 18.7 Å². The predicted molar refractivity (Wildman–Crippen MR) is 131 cm³/mol. The highest BCUT2D eigenvalue weighted by atomic mass is 32.2. The van der Waals surface area contributed by atoms with Crippen molar-refractivity contribution in [1.29, 1.82) is 0 Å². The maximum Gasteiger partial charge on any atom is 0.226 e. The lowest BCUT2D eigenvalue weighted by Crippen LogP contribution is -2.60. The molecule has 1 saturated carbocycles. The maximum atomic E-state index is 14.1. The molecule has 3 aliphatic rings. The van der Waals surface area contributed by atoms with Crippen molar-refractivity contribution in [1.82, 2.24) is 9.62 Å². The van der Waals surface area contributed by atoms with Gasteiger partial charge in [-0.2, -0.15) is 0 Å². The van der Waals surface area contributed by atoms with Crippen LogP contribution in [0.1, 0.15) is 57.8 Å². The Hall–Kier alpha value is -1.71. The van der Waals surface area contributed by atoms with Gasteiger partial charge >= 0.3 is 0 Å². The molecule has 1 amide bonds. The minimum atomic E-state index is -3.40. The molecule has 0 unspecified atom stereocenters. The summed E-state index contributed by atoms with van der Waals surface area (Å²) in [5.74, 6) is -0.0180. The van der Waals surface area contributed by atoms with Gasteiger partial charge in [0.1, 0.15) is 5.82 Å². The van der Waals surface area contributed by atoms with Gasteiger partial charge in [0.05, 0.1) is 30.7 Å². The number of ether oxygens (including phenoxy) is 1. The first kappa shape index (κ1) is 25.4. The summed E-state index contributed by atoms with van der Waals surface area (Å²) in [5, 5.41) is 0. The smallest absolute Gasteiger partial charge is 0.226 e. The third-order valence-corrected chi connectivity index (χ3v) is 8.25. The first-order valence-corrected chi connectivity index (χ1v) is 14.6. The van der Waals surface area contributed by atoms with Crippen molar-refractivity contribution >= 4 is 21.6 Å². The van der Waals surface area contributed by atoms with Crippen molar-refractivity contribution in [2.24, 2.45) is 5.92 Å². The number of hydrogen-bond acceptors (Lipinski definition) is 5. The largest absolute Gasteiger partial charge is 0.376 e. The summed E-state index contributed by atoms with van der Waals surface area (Å²) in [6.07, 6.45) is 9.37. The van der Waals surface area contributed by atoms with Gasteiger partial charge in [-0.25, -0.2) is 17.5 Å². The Morgan fingerprint density at radius 1 is 1.03 bits per heavy atom. The van der Waals surface area contributed by atoms with E-state index >= 15 is 0 Å². The molecule has 1 N–H and O–H groups in total. The molecule has 0 spiro atoms. The van der Waals surface area contributed by atoms with Crippen LogP contribution in [0.4, 0.5) is 10.1 Å². The Balaban J connectivity index is 1.39. The van der Waals surface area contributed by atoms with Crippen LogP contribution < -0.4 is 9.62 Å². The first-order valence-electron chi connectivity index (χ1n) is 12.7. The van der Waals surface area contributed by atoms with Crippen LogP contribution in [0, 0.1) is 11.7 Å². The number of rotatable bonds is 7. The summed E-state index contributed by atoms with van der Waals surface area (Å²) in [4.78, 5) is 17.4. The zero-order valence-electron chi connectivity index (χ0n) is 20.1. The van der Waals surface area contributed by atoms with Crippen molar-refractivity contribution in [3.63, 3.8) is 0 Å². The van der Waals surface area contributed by atoms with Crippen molar-refractivity contribution in [3.05, 3.63) is 30.1 Å². The molecule has 34 heavy (non-hydrogen) atoms. The van der Waals surface area contributed by atoms with Crippen LogP contribution in [0.15, 0.2) is 24.3 Å². The van der Waals surface area contributed by atoms with E-state index in [9.17, 15) is 17.6 Å². The van der Waals surface area contributed by atoms with E-state index in [1.54, 1.807) is 12.1 Å². The van der Waals surface area contributed by atoms with Gasteiger partial charge in [0.15, 0.2) is 0 Å². The highest BCUT2D eigenvalue weighted by Crippen LogP contribution is 2.30. The van der Waals surface area contributed by atoms with Gasteiger partial charge in [0.2, 0.25) is 15.9 Å². The van der Waals surface area contributed by atoms with E-state index in [2.05, 4.69) is 4.72 Å². The average Bonchev–Trinajstić information content (AvgIpc) is 2.83. The van der Waals surface area contributed by atoms with E-state index in [0.717, 1.165) is 44.9 Å². The number of benzene rings is 1. The summed E-state index contributed by atoms with van der Waals surface area (Å²) < 4.78 is 47.3. The van der Waals surface area contributed by atoms with Crippen LogP contribution in [-0.4, -0.2) is 69.9 Å². The Bertz CT molecular complexity index is 930. The number of para-hydroxylation sites is 1. The van der Waals surface area contributed by atoms with Gasteiger partial charge in [0, 0.05) is 31.6 Å². The lowest BCUT2D eigenvalue weighted by atomic mass is 9.86. The highest BCUT2D eigenvalue weighted by Gasteiger charge is 2.39. The molecular weight excluding hydrogens is 457 g/mol. The average molecular weight is 496 g/mol. The second-order valence-electron chi connectivity index (χ2n) is 10.0. The Labute approximate surface area is 203 Å². The Morgan fingerprint density at radius 2 is 1.74 bits per heavy atom. The van der Waals surface area contributed by atoms with Gasteiger partial charge in [-0.3, -0.25) is 4.79 Å². The van der Waals surface area contributed by atoms with E-state index < -0.39 is 10.0 Å². The number of nitrogens with one attached hydrogen (secondary N) is 1. The summed E-state index contributed by atoms with van der Waals surface area (Å²) in [5.41, 5.74) is 0.620. The maximum absolute atomic E-state index is 14.1. The fourth-order valence-electron chi connectivity index (χ4n) is 5.74. The lowest BCUT2D eigenvalue weighted by Gasteiger charge is -2.44. The molecule has 0 radical (unpaired) electrons. The van der Waals surface area contributed by atoms with E-state index in [0.29, 0.717) is 38.3 Å². The van der Waals surface area contributed by atoms with Gasteiger partial charge < -0.3 is 14.5 Å². The highest BCUT2D eigenvalue weighted by molar-refractivity contribution is 7.88. The number of carbonyl (C=O) groups excluding carboxylic acids is 1. The van der Waals surface area contributed by atoms with Gasteiger partial charge in [-0.1, -0.05) is 31.4 Å². The Morgan fingerprint density at radius 3 is 2.41 bits per heavy atom. The SMILES string of the molecule is CS(=O)(=O)N[C@H]1CCCN(C(=O)C2CCCCC2)[C@H]1COC1CCN(c2ccccc2F)CC1. The normalized spacial score (nSPS) is 25.5. The van der Waals surface area contributed by atoms with Crippen LogP contribution in [0.25, 0.3) is 0 Å². The van der Waals surface area contributed by atoms with Crippen molar-refractivity contribution in [2.75, 3.05) is 37.4 Å². The number of halogens is 1. The lowest BCUT2D eigenvalue weighted by molar-refractivity contribution is -0.143. The number of nitrogens with zero attached hydrogens (tertiary/aromatic N) is 2. The monoisotopic (exact) mass is 495 g/mol. The molecule has 2 saturated heterocycles. The molecule has 2 atom stereocenters. The molecule has 7 nitrogen and oxygen atoms in total. The van der Waals surface area contributed by atoms with E-state index in [1.807, 2.05) is 15.9 Å². The second kappa shape index (κ2) is 11.4. The fourth-order valence-corrected chi connectivity index (χ4v) is 6.56. The molecule has 9 heteroatoms. The summed E-state index contributed by atoms with van der Waals surface area (Å²) >= 11 is 0. The minimum absolute atomic E-state index is 0.00969. The van der Waals surface area contributed by atoms with Crippen molar-refractivity contribution < 1.29 is 22.3 Å². The van der Waals surface area contributed by atoms with Crippen LogP contribution in [0.2, 0.25) is 0 Å². The molecule has 0 aromatic heterocycles. The van der Waals surface area contributed by atoms with Crippen LogP contribution >= 0.6 is 0 Å². The number of amides is 1. The van der Waals surface area contributed by atoms with Crippen LogP contribution in [0.3, 0.4) is 0 Å². The summed E-state index contributed by atoms with van der Waals surface area (Å²) in [6, 6.07) is 6.18. The third kappa shape index (κ3) is 6.49. The molecule has 0 bridgehead atoms. The molecular formula is C25H38FN3O4S. The summed E-state index contributed by atoms with van der Waals surface area (Å²) in [6.45, 7) is 2.37. The standard InChI is InChI=1S/C25H38FN3O4S/c1-34(31,32)27-22-11-7-15-29(25(30)19-8-3-2-4-9-19)24(22)18-33-20-13-16-28(17-14-20)23-12-6-5-10-21(23)26/h5-6,10,12,19-20,22,24,27H,2-4,7-9,11,13-18H2,1H3/t22-,24-/m0/s1. The van der Waals surface area contributed by atoms with Gasteiger partial charge in [-0.05, 0) is 50.7 Å². The number of anilines is 1. The summed E-state index contributed by atoms with van der Waals surface area (Å²) in [7, 11) is -3.40. The van der Waals surface area contributed by atoms with E-state index in [-0.39, 0.29) is 35.8 Å². The Kier molecular flexibility index (Phi) is 8.47. The van der Waals surface area contributed by atoms with Crippen LogP contribution in [-0.2, 0) is 19.6 Å². The topological polar surface area (TPSA) is 79.0 Å². The minimum Gasteiger partial charge on any atom is -0.376 e. The molecule has 3 fully saturated rings. The first-order chi connectivity index (χ1) is 16.3. The number of sulfonamides is 1. The fraction of sp³-hybridized carbons (Fsp3) is 0.720. The van der Waals surface area contributed by atoms with Crippen molar-refractivity contribution in [2.45, 2.75) is 76.0 Å². The molecule has 190 valence electrons.